The Kier molecular flexibility index (Phi) is 14.7. The predicted octanol–water partition coefficient (Wildman–Crippen LogP) is -0.263. The van der Waals surface area contributed by atoms with Crippen LogP contribution in [-0.4, -0.2) is 77.0 Å². The van der Waals surface area contributed by atoms with E-state index in [1.54, 1.807) is 6.92 Å². The van der Waals surface area contributed by atoms with Gasteiger partial charge >= 0.3 is 0 Å². The first-order chi connectivity index (χ1) is 10.2. The third-order valence-corrected chi connectivity index (χ3v) is 2.27. The molecule has 7 nitrogen and oxygen atoms in total. The molecule has 0 aliphatic heterocycles. The number of amides is 1. The van der Waals surface area contributed by atoms with E-state index < -0.39 is 0 Å². The number of ether oxygens (including phenoxy) is 4. The van der Waals surface area contributed by atoms with Crippen molar-refractivity contribution in [2.75, 3.05) is 66.0 Å². The number of hydrogen-bond donors (Lipinski definition) is 2. The largest absolute Gasteiger partial charge is 0.394 e. The van der Waals surface area contributed by atoms with Gasteiger partial charge in [0.1, 0.15) is 0 Å². The number of hydrogen-bond acceptors (Lipinski definition) is 6. The molecule has 1 amide bonds. The zero-order valence-corrected chi connectivity index (χ0v) is 12.8. The fraction of sp³-hybridized carbons (Fsp3) is 0.786. The topological polar surface area (TPSA) is 86.3 Å². The first kappa shape index (κ1) is 20.0. The molecule has 0 radical (unpaired) electrons. The Bertz CT molecular complexity index is 272. The maximum atomic E-state index is 11.1. The number of rotatable bonds is 15. The van der Waals surface area contributed by atoms with Gasteiger partial charge in [-0.25, -0.2) is 0 Å². The Morgan fingerprint density at radius 3 is 1.76 bits per heavy atom. The van der Waals surface area contributed by atoms with Crippen molar-refractivity contribution in [1.29, 1.82) is 0 Å². The zero-order valence-electron chi connectivity index (χ0n) is 12.8. The van der Waals surface area contributed by atoms with Gasteiger partial charge < -0.3 is 29.4 Å². The summed E-state index contributed by atoms with van der Waals surface area (Å²) < 4.78 is 20.8. The van der Waals surface area contributed by atoms with Crippen molar-refractivity contribution in [3.8, 4) is 0 Å². The summed E-state index contributed by atoms with van der Waals surface area (Å²) in [6, 6.07) is 0. The first-order valence-corrected chi connectivity index (χ1v) is 7.04. The van der Waals surface area contributed by atoms with Crippen LogP contribution in [0.4, 0.5) is 0 Å². The molecule has 0 spiro atoms. The normalized spacial score (nSPS) is 10.6. The lowest BCUT2D eigenvalue weighted by atomic mass is 10.3. The lowest BCUT2D eigenvalue weighted by Crippen LogP contribution is -2.27. The maximum Gasteiger partial charge on any atom is 0.246 e. The van der Waals surface area contributed by atoms with Crippen molar-refractivity contribution in [3.63, 3.8) is 0 Å². The number of carbonyl (C=O) groups excluding carboxylic acids is 1. The second-order valence-electron chi connectivity index (χ2n) is 4.21. The van der Waals surface area contributed by atoms with Gasteiger partial charge in [0.05, 0.1) is 59.5 Å². The van der Waals surface area contributed by atoms with Crippen molar-refractivity contribution in [1.82, 2.24) is 5.32 Å². The Balaban J connectivity index is 3.06. The summed E-state index contributed by atoms with van der Waals surface area (Å²) >= 11 is 0. The van der Waals surface area contributed by atoms with Crippen LogP contribution >= 0.6 is 0 Å². The summed E-state index contributed by atoms with van der Waals surface area (Å²) in [5.74, 6) is -0.157. The molecule has 0 rings (SSSR count). The highest BCUT2D eigenvalue weighted by Gasteiger charge is 1.99. The average Bonchev–Trinajstić information content (AvgIpc) is 2.47. The Labute approximate surface area is 126 Å². The van der Waals surface area contributed by atoms with Crippen molar-refractivity contribution in [3.05, 3.63) is 12.2 Å². The van der Waals surface area contributed by atoms with Crippen LogP contribution in [0.2, 0.25) is 0 Å². The quantitative estimate of drug-likeness (QED) is 0.320. The van der Waals surface area contributed by atoms with E-state index >= 15 is 0 Å². The van der Waals surface area contributed by atoms with Gasteiger partial charge in [-0.15, -0.1) is 0 Å². The highest BCUT2D eigenvalue weighted by Crippen LogP contribution is 1.85. The molecule has 21 heavy (non-hydrogen) atoms. The number of aliphatic hydroxyl groups is 1. The Morgan fingerprint density at radius 2 is 1.33 bits per heavy atom. The second kappa shape index (κ2) is 15.4. The zero-order chi connectivity index (χ0) is 15.8. The first-order valence-electron chi connectivity index (χ1n) is 7.04. The molecular formula is C14H27NO6. The summed E-state index contributed by atoms with van der Waals surface area (Å²) in [5, 5.41) is 11.1. The third-order valence-electron chi connectivity index (χ3n) is 2.27. The fourth-order valence-corrected chi connectivity index (χ4v) is 1.21. The lowest BCUT2D eigenvalue weighted by Gasteiger charge is -2.08. The van der Waals surface area contributed by atoms with E-state index in [0.717, 1.165) is 0 Å². The van der Waals surface area contributed by atoms with E-state index in [9.17, 15) is 4.79 Å². The van der Waals surface area contributed by atoms with Gasteiger partial charge in [0.25, 0.3) is 0 Å². The van der Waals surface area contributed by atoms with Crippen molar-refractivity contribution < 1.29 is 28.8 Å². The molecule has 0 heterocycles. The van der Waals surface area contributed by atoms with E-state index in [0.29, 0.717) is 65.0 Å². The van der Waals surface area contributed by atoms with Gasteiger partial charge in [0.2, 0.25) is 5.91 Å². The maximum absolute atomic E-state index is 11.1. The predicted molar refractivity (Wildman–Crippen MR) is 78.2 cm³/mol. The number of aliphatic hydroxyl groups excluding tert-OH is 1. The van der Waals surface area contributed by atoms with Crippen molar-refractivity contribution in [2.45, 2.75) is 6.92 Å². The van der Waals surface area contributed by atoms with Crippen LogP contribution in [0.1, 0.15) is 6.92 Å². The standard InChI is InChI=1S/C14H27NO6/c1-13(2)14(17)15-3-5-18-7-9-20-11-12-21-10-8-19-6-4-16/h16H,1,3-12H2,2H3,(H,15,17). The van der Waals surface area contributed by atoms with Gasteiger partial charge in [0, 0.05) is 12.1 Å². The molecule has 7 heteroatoms. The van der Waals surface area contributed by atoms with Crippen LogP contribution in [-0.2, 0) is 23.7 Å². The highest BCUT2D eigenvalue weighted by atomic mass is 16.6. The van der Waals surface area contributed by atoms with Gasteiger partial charge in [-0.3, -0.25) is 4.79 Å². The third kappa shape index (κ3) is 15.2. The van der Waals surface area contributed by atoms with Crippen LogP contribution in [0.5, 0.6) is 0 Å². The molecule has 0 aromatic carbocycles. The minimum atomic E-state index is -0.157. The smallest absolute Gasteiger partial charge is 0.246 e. The molecule has 0 fully saturated rings. The summed E-state index contributed by atoms with van der Waals surface area (Å²) in [5.41, 5.74) is 0.486. The minimum absolute atomic E-state index is 0.0278. The molecule has 0 aliphatic carbocycles. The number of carbonyl (C=O) groups is 1. The summed E-state index contributed by atoms with van der Waals surface area (Å²) in [4.78, 5) is 11.1. The Hall–Kier alpha value is -0.990. The Morgan fingerprint density at radius 1 is 0.905 bits per heavy atom. The molecular weight excluding hydrogens is 278 g/mol. The van der Waals surface area contributed by atoms with Crippen LogP contribution < -0.4 is 5.32 Å². The van der Waals surface area contributed by atoms with Gasteiger partial charge in [-0.1, -0.05) is 6.58 Å². The average molecular weight is 305 g/mol. The molecule has 0 atom stereocenters. The molecule has 2 N–H and O–H groups in total. The fourth-order valence-electron chi connectivity index (χ4n) is 1.21. The molecule has 0 saturated heterocycles. The van der Waals surface area contributed by atoms with E-state index in [2.05, 4.69) is 11.9 Å². The molecule has 0 aliphatic rings. The van der Waals surface area contributed by atoms with Crippen LogP contribution in [0.15, 0.2) is 12.2 Å². The van der Waals surface area contributed by atoms with E-state index in [1.807, 2.05) is 0 Å². The lowest BCUT2D eigenvalue weighted by molar-refractivity contribution is -0.117. The minimum Gasteiger partial charge on any atom is -0.394 e. The van der Waals surface area contributed by atoms with E-state index in [-0.39, 0.29) is 12.5 Å². The second-order valence-corrected chi connectivity index (χ2v) is 4.21. The molecule has 0 bridgehead atoms. The monoisotopic (exact) mass is 305 g/mol. The summed E-state index contributed by atoms with van der Waals surface area (Å²) in [6.45, 7) is 9.38. The summed E-state index contributed by atoms with van der Waals surface area (Å²) in [6.07, 6.45) is 0. The van der Waals surface area contributed by atoms with E-state index in [4.69, 9.17) is 24.1 Å². The van der Waals surface area contributed by atoms with E-state index in [1.165, 1.54) is 0 Å². The van der Waals surface area contributed by atoms with Crippen molar-refractivity contribution in [2.24, 2.45) is 0 Å². The van der Waals surface area contributed by atoms with Crippen LogP contribution in [0.25, 0.3) is 0 Å². The van der Waals surface area contributed by atoms with Crippen LogP contribution in [0, 0.1) is 0 Å². The summed E-state index contributed by atoms with van der Waals surface area (Å²) in [7, 11) is 0. The van der Waals surface area contributed by atoms with Crippen LogP contribution in [0.3, 0.4) is 0 Å². The molecule has 0 aromatic rings. The van der Waals surface area contributed by atoms with Gasteiger partial charge in [-0.05, 0) is 6.92 Å². The van der Waals surface area contributed by atoms with Gasteiger partial charge in [0.15, 0.2) is 0 Å². The SMILES string of the molecule is C=C(C)C(=O)NCCOCCOCCOCCOCCO. The van der Waals surface area contributed by atoms with Gasteiger partial charge in [-0.2, -0.15) is 0 Å². The molecule has 0 aromatic heterocycles. The molecule has 124 valence electrons. The van der Waals surface area contributed by atoms with Crippen molar-refractivity contribution >= 4 is 5.91 Å². The number of nitrogens with one attached hydrogen (secondary N) is 1. The molecule has 0 saturated carbocycles. The molecule has 0 unspecified atom stereocenters. The highest BCUT2D eigenvalue weighted by molar-refractivity contribution is 5.91.